The molecule has 4 nitrogen and oxygen atoms in total. The number of aromatic nitrogens is 3. The van der Waals surface area contributed by atoms with E-state index >= 15 is 0 Å². The van der Waals surface area contributed by atoms with Crippen molar-refractivity contribution < 1.29 is 4.74 Å². The van der Waals surface area contributed by atoms with Crippen LogP contribution in [0, 0.1) is 0 Å². The Bertz CT molecular complexity index is 402. The molecule has 12 heavy (non-hydrogen) atoms. The second-order valence-electron chi connectivity index (χ2n) is 2.26. The Morgan fingerprint density at radius 3 is 3.08 bits per heavy atom. The van der Waals surface area contributed by atoms with Crippen LogP contribution in [0.4, 0.5) is 0 Å². The number of nitrogens with zero attached hydrogens (tertiary/aromatic N) is 3. The number of hydrogen-bond donors (Lipinski definition) is 0. The van der Waals surface area contributed by atoms with E-state index in [1.807, 2.05) is 12.1 Å². The molecule has 0 radical (unpaired) electrons. The lowest BCUT2D eigenvalue weighted by Gasteiger charge is -1.97. The standard InChI is InChI=1S/C8H7N3O/c1-12-7-5-10-6-3-2-4-9-8(6)11-7/h2-5H,1H3. The first-order valence-corrected chi connectivity index (χ1v) is 3.52. The van der Waals surface area contributed by atoms with Crippen LogP contribution in [0.5, 0.6) is 5.88 Å². The zero-order chi connectivity index (χ0) is 8.39. The van der Waals surface area contributed by atoms with Gasteiger partial charge in [-0.05, 0) is 12.1 Å². The highest BCUT2D eigenvalue weighted by molar-refractivity contribution is 5.68. The lowest BCUT2D eigenvalue weighted by Crippen LogP contribution is -1.91. The van der Waals surface area contributed by atoms with Gasteiger partial charge in [0.05, 0.1) is 13.3 Å². The smallest absolute Gasteiger partial charge is 0.234 e. The Morgan fingerprint density at radius 2 is 2.25 bits per heavy atom. The molecule has 0 aliphatic rings. The van der Waals surface area contributed by atoms with Crippen molar-refractivity contribution in [3.05, 3.63) is 24.5 Å². The van der Waals surface area contributed by atoms with E-state index in [-0.39, 0.29) is 0 Å². The molecule has 0 unspecified atom stereocenters. The van der Waals surface area contributed by atoms with Crippen LogP contribution in [0.25, 0.3) is 11.2 Å². The van der Waals surface area contributed by atoms with E-state index in [1.54, 1.807) is 19.5 Å². The van der Waals surface area contributed by atoms with Gasteiger partial charge in [-0.3, -0.25) is 0 Å². The number of fused-ring (bicyclic) bond motifs is 1. The van der Waals surface area contributed by atoms with E-state index in [4.69, 9.17) is 4.74 Å². The van der Waals surface area contributed by atoms with Crippen molar-refractivity contribution in [2.75, 3.05) is 7.11 Å². The average Bonchev–Trinajstić information content (AvgIpc) is 2.17. The number of pyridine rings is 1. The molecule has 0 atom stereocenters. The monoisotopic (exact) mass is 161 g/mol. The summed E-state index contributed by atoms with van der Waals surface area (Å²) in [5, 5.41) is 0. The molecule has 0 spiro atoms. The molecular formula is C8H7N3O. The van der Waals surface area contributed by atoms with Crippen LogP contribution in [-0.2, 0) is 0 Å². The number of ether oxygens (including phenoxy) is 1. The Kier molecular flexibility index (Phi) is 1.59. The predicted molar refractivity (Wildman–Crippen MR) is 43.9 cm³/mol. The molecular weight excluding hydrogens is 154 g/mol. The number of rotatable bonds is 1. The van der Waals surface area contributed by atoms with Gasteiger partial charge in [-0.25, -0.2) is 9.97 Å². The third-order valence-electron chi connectivity index (χ3n) is 1.51. The maximum absolute atomic E-state index is 4.91. The fourth-order valence-corrected chi connectivity index (χ4v) is 0.932. The normalized spacial score (nSPS) is 10.1. The minimum Gasteiger partial charge on any atom is -0.480 e. The van der Waals surface area contributed by atoms with Gasteiger partial charge in [-0.1, -0.05) is 0 Å². The molecule has 2 rings (SSSR count). The molecule has 0 fully saturated rings. The van der Waals surface area contributed by atoms with Gasteiger partial charge >= 0.3 is 0 Å². The van der Waals surface area contributed by atoms with Gasteiger partial charge in [-0.15, -0.1) is 0 Å². The zero-order valence-corrected chi connectivity index (χ0v) is 6.56. The van der Waals surface area contributed by atoms with E-state index in [0.29, 0.717) is 11.5 Å². The molecule has 2 heterocycles. The van der Waals surface area contributed by atoms with Gasteiger partial charge in [0, 0.05) is 6.20 Å². The van der Waals surface area contributed by atoms with E-state index in [2.05, 4.69) is 15.0 Å². The molecule has 0 aliphatic heterocycles. The Balaban J connectivity index is 2.67. The van der Waals surface area contributed by atoms with Gasteiger partial charge in [0.15, 0.2) is 5.65 Å². The second-order valence-corrected chi connectivity index (χ2v) is 2.26. The van der Waals surface area contributed by atoms with Crippen LogP contribution in [0.15, 0.2) is 24.5 Å². The minimum atomic E-state index is 0.487. The van der Waals surface area contributed by atoms with Crippen LogP contribution in [0.3, 0.4) is 0 Å². The summed E-state index contributed by atoms with van der Waals surface area (Å²) in [5.41, 5.74) is 1.38. The third-order valence-corrected chi connectivity index (χ3v) is 1.51. The van der Waals surface area contributed by atoms with Gasteiger partial charge in [0.2, 0.25) is 5.88 Å². The van der Waals surface area contributed by atoms with Crippen LogP contribution >= 0.6 is 0 Å². The molecule has 2 aromatic rings. The molecule has 0 bridgehead atoms. The highest BCUT2D eigenvalue weighted by atomic mass is 16.5. The summed E-state index contributed by atoms with van der Waals surface area (Å²) in [6, 6.07) is 3.68. The zero-order valence-electron chi connectivity index (χ0n) is 6.56. The van der Waals surface area contributed by atoms with Gasteiger partial charge < -0.3 is 4.74 Å². The van der Waals surface area contributed by atoms with Crippen LogP contribution < -0.4 is 4.74 Å². The first-order chi connectivity index (χ1) is 5.90. The van der Waals surface area contributed by atoms with E-state index < -0.39 is 0 Å². The van der Waals surface area contributed by atoms with Crippen molar-refractivity contribution in [3.63, 3.8) is 0 Å². The Labute approximate surface area is 69.3 Å². The van der Waals surface area contributed by atoms with Crippen LogP contribution in [0.1, 0.15) is 0 Å². The van der Waals surface area contributed by atoms with Crippen molar-refractivity contribution >= 4 is 11.2 Å². The lowest BCUT2D eigenvalue weighted by atomic mass is 10.4. The lowest BCUT2D eigenvalue weighted by molar-refractivity contribution is 0.397. The molecule has 0 saturated carbocycles. The summed E-state index contributed by atoms with van der Waals surface area (Å²) in [6.45, 7) is 0. The third kappa shape index (κ3) is 1.07. The Morgan fingerprint density at radius 1 is 1.33 bits per heavy atom. The van der Waals surface area contributed by atoms with Crippen LogP contribution in [-0.4, -0.2) is 22.1 Å². The van der Waals surface area contributed by atoms with Crippen LogP contribution in [0.2, 0.25) is 0 Å². The molecule has 4 heteroatoms. The quantitative estimate of drug-likeness (QED) is 0.626. The number of methoxy groups -OCH3 is 1. The van der Waals surface area contributed by atoms with Gasteiger partial charge in [0.1, 0.15) is 5.52 Å². The summed E-state index contributed by atoms with van der Waals surface area (Å²) in [6.07, 6.45) is 3.25. The molecule has 0 N–H and O–H groups in total. The maximum Gasteiger partial charge on any atom is 0.234 e. The van der Waals surface area contributed by atoms with E-state index in [9.17, 15) is 0 Å². The van der Waals surface area contributed by atoms with Gasteiger partial charge in [-0.2, -0.15) is 4.98 Å². The molecule has 0 aliphatic carbocycles. The Hall–Kier alpha value is -1.71. The van der Waals surface area contributed by atoms with E-state index in [0.717, 1.165) is 5.52 Å². The second kappa shape index (κ2) is 2.73. The minimum absolute atomic E-state index is 0.487. The summed E-state index contributed by atoms with van der Waals surface area (Å²) in [5.74, 6) is 0.487. The van der Waals surface area contributed by atoms with E-state index in [1.165, 1.54) is 0 Å². The fraction of sp³-hybridized carbons (Fsp3) is 0.125. The molecule has 60 valence electrons. The van der Waals surface area contributed by atoms with Gasteiger partial charge in [0.25, 0.3) is 0 Å². The highest BCUT2D eigenvalue weighted by Crippen LogP contribution is 2.09. The first kappa shape index (κ1) is 6.97. The van der Waals surface area contributed by atoms with Crippen molar-refractivity contribution in [1.82, 2.24) is 15.0 Å². The van der Waals surface area contributed by atoms with Crippen molar-refractivity contribution in [3.8, 4) is 5.88 Å². The summed E-state index contributed by atoms with van der Waals surface area (Å²) >= 11 is 0. The van der Waals surface area contributed by atoms with Crippen molar-refractivity contribution in [2.45, 2.75) is 0 Å². The average molecular weight is 161 g/mol. The molecule has 0 amide bonds. The topological polar surface area (TPSA) is 47.9 Å². The highest BCUT2D eigenvalue weighted by Gasteiger charge is 1.97. The van der Waals surface area contributed by atoms with Crippen molar-refractivity contribution in [2.24, 2.45) is 0 Å². The molecule has 2 aromatic heterocycles. The summed E-state index contributed by atoms with van der Waals surface area (Å²) in [4.78, 5) is 12.2. The predicted octanol–water partition coefficient (Wildman–Crippen LogP) is 1.03. The summed E-state index contributed by atoms with van der Waals surface area (Å²) in [7, 11) is 1.55. The molecule has 0 aromatic carbocycles. The summed E-state index contributed by atoms with van der Waals surface area (Å²) < 4.78 is 4.91. The SMILES string of the molecule is COc1cnc2cccnc2n1. The maximum atomic E-state index is 4.91. The van der Waals surface area contributed by atoms with Crippen molar-refractivity contribution in [1.29, 1.82) is 0 Å². The fourth-order valence-electron chi connectivity index (χ4n) is 0.932. The first-order valence-electron chi connectivity index (χ1n) is 3.52. The largest absolute Gasteiger partial charge is 0.480 e. The molecule has 0 saturated heterocycles. The number of hydrogen-bond acceptors (Lipinski definition) is 4.